The van der Waals surface area contributed by atoms with E-state index in [1.165, 1.54) is 30.8 Å². The van der Waals surface area contributed by atoms with Crippen LogP contribution < -0.4 is 24.4 Å². The van der Waals surface area contributed by atoms with Crippen molar-refractivity contribution in [2.75, 3.05) is 0 Å². The van der Waals surface area contributed by atoms with E-state index in [9.17, 15) is 0 Å². The van der Waals surface area contributed by atoms with E-state index < -0.39 is 43.5 Å². The maximum atomic E-state index is 6.98. The fourth-order valence-corrected chi connectivity index (χ4v) is 25.1. The Labute approximate surface area is 366 Å². The van der Waals surface area contributed by atoms with E-state index in [0.717, 1.165) is 34.0 Å². The summed E-state index contributed by atoms with van der Waals surface area (Å²) in [5.74, 6) is 1.60. The van der Waals surface area contributed by atoms with Gasteiger partial charge in [-0.15, -0.1) is 0 Å². The Morgan fingerprint density at radius 2 is 0.678 bits per heavy atom. The normalized spacial score (nSPS) is 11.9. The quantitative estimate of drug-likeness (QED) is 0.128. The van der Waals surface area contributed by atoms with Crippen LogP contribution in [-0.4, -0.2) is 53.5 Å². The Morgan fingerprint density at radius 3 is 0.983 bits per heavy atom. The van der Waals surface area contributed by atoms with Gasteiger partial charge in [-0.1, -0.05) is 0 Å². The van der Waals surface area contributed by atoms with Crippen molar-refractivity contribution in [3.63, 3.8) is 0 Å². The zero-order chi connectivity index (χ0) is 41.0. The molecular formula is C54H50Bi2N2O. The van der Waals surface area contributed by atoms with Crippen molar-refractivity contribution in [1.29, 1.82) is 0 Å². The van der Waals surface area contributed by atoms with Crippen molar-refractivity contribution in [3.8, 4) is 34.0 Å². The van der Waals surface area contributed by atoms with Crippen molar-refractivity contribution >= 4 is 63.1 Å². The summed E-state index contributed by atoms with van der Waals surface area (Å²) in [4.78, 5) is 9.98. The Hall–Kier alpha value is -4.81. The van der Waals surface area contributed by atoms with Crippen LogP contribution in [0, 0.1) is 0 Å². The van der Waals surface area contributed by atoms with Crippen LogP contribution in [0.4, 0.5) is 0 Å². The third kappa shape index (κ3) is 9.81. The fourth-order valence-electron chi connectivity index (χ4n) is 7.25. The van der Waals surface area contributed by atoms with E-state index in [2.05, 4.69) is 224 Å². The molecule has 0 radical (unpaired) electrons. The number of ether oxygens (including phenoxy) is 1. The molecule has 59 heavy (non-hydrogen) atoms. The molecule has 5 heteroatoms. The first-order chi connectivity index (χ1) is 28.5. The van der Waals surface area contributed by atoms with Gasteiger partial charge in [0.2, 0.25) is 0 Å². The van der Waals surface area contributed by atoms with Gasteiger partial charge in [0.25, 0.3) is 0 Å². The van der Waals surface area contributed by atoms with Gasteiger partial charge in [0.1, 0.15) is 0 Å². The van der Waals surface area contributed by atoms with Crippen molar-refractivity contribution in [1.82, 2.24) is 9.97 Å². The van der Waals surface area contributed by atoms with Crippen LogP contribution in [0.5, 0.6) is 11.5 Å². The topological polar surface area (TPSA) is 35.0 Å². The number of pyridine rings is 2. The van der Waals surface area contributed by atoms with Crippen LogP contribution in [-0.2, 0) is 10.8 Å². The van der Waals surface area contributed by atoms with Crippen LogP contribution >= 0.6 is 0 Å². The van der Waals surface area contributed by atoms with E-state index in [-0.39, 0.29) is 10.8 Å². The second kappa shape index (κ2) is 17.8. The third-order valence-electron chi connectivity index (χ3n) is 10.4. The predicted molar refractivity (Wildman–Crippen MR) is 252 cm³/mol. The summed E-state index contributed by atoms with van der Waals surface area (Å²) in [7, 11) is 0. The van der Waals surface area contributed by atoms with Gasteiger partial charge in [0, 0.05) is 0 Å². The molecule has 6 aromatic carbocycles. The van der Waals surface area contributed by atoms with E-state index >= 15 is 0 Å². The second-order valence-corrected chi connectivity index (χ2v) is 34.2. The van der Waals surface area contributed by atoms with Crippen LogP contribution in [0.2, 0.25) is 0 Å². The summed E-state index contributed by atoms with van der Waals surface area (Å²) in [6, 6.07) is 66.6. The third-order valence-corrected chi connectivity index (χ3v) is 29.3. The molecule has 292 valence electrons. The van der Waals surface area contributed by atoms with Gasteiger partial charge in [-0.3, -0.25) is 0 Å². The average Bonchev–Trinajstić information content (AvgIpc) is 3.25. The average molecular weight is 1160 g/mol. The van der Waals surface area contributed by atoms with Crippen molar-refractivity contribution in [2.45, 2.75) is 52.4 Å². The molecule has 0 spiro atoms. The standard InChI is InChI=1S/C30H30N2O.4C6H5.2Bi/c1-29(2,3)23-15-21(27-11-7-9-13-31-27)17-25(19-23)33-26-18-22(28-12-8-10-14-32-28)16-24(20-26)30(4,5)6;4*1-2-4-6-5-3-1;;/h9-20H,1-6H3;4*1-5H;;. The zero-order valence-corrected chi connectivity index (χ0v) is 41.6. The van der Waals surface area contributed by atoms with Gasteiger partial charge >= 0.3 is 370 Å². The van der Waals surface area contributed by atoms with E-state index in [1.54, 1.807) is 0 Å². The first kappa shape index (κ1) is 40.9. The number of aromatic nitrogens is 2. The van der Waals surface area contributed by atoms with Gasteiger partial charge in [0.15, 0.2) is 0 Å². The number of benzene rings is 6. The molecule has 8 aromatic rings. The molecule has 0 aliphatic rings. The molecule has 0 aliphatic carbocycles. The van der Waals surface area contributed by atoms with E-state index in [1.807, 2.05) is 12.4 Å². The molecule has 0 fully saturated rings. The molecule has 8 rings (SSSR count). The Kier molecular flexibility index (Phi) is 12.4. The molecule has 0 aliphatic heterocycles. The minimum absolute atomic E-state index is 0.107. The molecular weight excluding hydrogens is 1110 g/mol. The van der Waals surface area contributed by atoms with Gasteiger partial charge < -0.3 is 0 Å². The number of hydrogen-bond acceptors (Lipinski definition) is 3. The Morgan fingerprint density at radius 1 is 0.356 bits per heavy atom. The molecule has 0 amide bonds. The first-order valence-corrected chi connectivity index (χ1v) is 30.7. The van der Waals surface area contributed by atoms with Crippen LogP contribution in [0.3, 0.4) is 0 Å². The summed E-state index contributed by atoms with van der Waals surface area (Å²) < 4.78 is 15.6. The molecule has 3 nitrogen and oxygen atoms in total. The van der Waals surface area contributed by atoms with E-state index in [0.29, 0.717) is 0 Å². The Bertz CT molecular complexity index is 2390. The summed E-state index contributed by atoms with van der Waals surface area (Å²) in [6.07, 6.45) is 3.99. The van der Waals surface area contributed by atoms with E-state index in [4.69, 9.17) is 14.7 Å². The molecule has 0 atom stereocenters. The van der Waals surface area contributed by atoms with Crippen molar-refractivity contribution in [2.24, 2.45) is 0 Å². The number of hydrogen-bond donors (Lipinski definition) is 0. The van der Waals surface area contributed by atoms with Crippen molar-refractivity contribution < 1.29 is 4.74 Å². The van der Waals surface area contributed by atoms with Crippen LogP contribution in [0.15, 0.2) is 194 Å². The molecule has 0 saturated carbocycles. The molecule has 2 heterocycles. The maximum absolute atomic E-state index is 6.98. The number of rotatable bonds is 10. The van der Waals surface area contributed by atoms with Crippen molar-refractivity contribution in [3.05, 3.63) is 206 Å². The van der Waals surface area contributed by atoms with Gasteiger partial charge in [-0.25, -0.2) is 0 Å². The summed E-state index contributed by atoms with van der Waals surface area (Å²) in [5, 5.41) is 0. The van der Waals surface area contributed by atoms with Crippen LogP contribution in [0.25, 0.3) is 22.5 Å². The minimum atomic E-state index is -2.61. The molecule has 0 N–H and O–H groups in total. The number of nitrogens with zero attached hydrogens (tertiary/aromatic N) is 2. The van der Waals surface area contributed by atoms with Gasteiger partial charge in [0.05, 0.1) is 0 Å². The zero-order valence-electron chi connectivity index (χ0n) is 34.7. The monoisotopic (exact) mass is 1160 g/mol. The molecule has 0 unspecified atom stereocenters. The summed E-state index contributed by atoms with van der Waals surface area (Å²) in [5.41, 5.74) is 6.23. The second-order valence-electron chi connectivity index (χ2n) is 16.9. The molecule has 2 aromatic heterocycles. The fraction of sp³-hybridized carbons (Fsp3) is 0.148. The molecule has 0 saturated heterocycles. The van der Waals surface area contributed by atoms with Crippen LogP contribution in [0.1, 0.15) is 52.7 Å². The summed E-state index contributed by atoms with van der Waals surface area (Å²) >= 11 is -5.21. The van der Waals surface area contributed by atoms with Gasteiger partial charge in [-0.2, -0.15) is 0 Å². The van der Waals surface area contributed by atoms with Gasteiger partial charge in [-0.05, 0) is 0 Å². The predicted octanol–water partition coefficient (Wildman–Crippen LogP) is 9.23. The summed E-state index contributed by atoms with van der Waals surface area (Å²) in [6.45, 7) is 13.6. The SMILES string of the molecule is CC(C)(C)c1cc(Oc2cc(-c3c[c]([Bi]([c]4ccccc4)[c]4ccccc4)ccn3)cc(C(C)(C)C)c2)cc(-c2c[c]([Bi]([c]3ccccc3)[c]3ccccc3)ccn2)c1. The Balaban J connectivity index is 1.19. The molecule has 0 bridgehead atoms. The first-order valence-electron chi connectivity index (χ1n) is 20.2.